The normalized spacial score (nSPS) is 10.4. The number of benzene rings is 1. The zero-order chi connectivity index (χ0) is 12.3. The second-order valence-corrected chi connectivity index (χ2v) is 4.03. The number of aromatic nitrogens is 1. The molecule has 0 radical (unpaired) electrons. The first-order valence-electron chi connectivity index (χ1n) is 5.87. The van der Waals surface area contributed by atoms with Gasteiger partial charge in [0.1, 0.15) is 5.75 Å². The van der Waals surface area contributed by atoms with Crippen molar-refractivity contribution in [1.29, 1.82) is 5.26 Å². The Morgan fingerprint density at radius 1 is 1.41 bits per heavy atom. The standard InChI is InChI=1S/C14H16N2O/c1-3-17-11-6-7-14-12(9-11)10(2)13(16-14)5-4-8-15/h6-7,9,16H,3-5H2,1-2H3. The van der Waals surface area contributed by atoms with Crippen LogP contribution in [0.25, 0.3) is 10.9 Å². The fraction of sp³-hybridized carbons (Fsp3) is 0.357. The lowest BCUT2D eigenvalue weighted by Gasteiger charge is -2.02. The van der Waals surface area contributed by atoms with Crippen LogP contribution in [-0.2, 0) is 6.42 Å². The van der Waals surface area contributed by atoms with Gasteiger partial charge in [-0.05, 0) is 37.6 Å². The molecule has 17 heavy (non-hydrogen) atoms. The lowest BCUT2D eigenvalue weighted by atomic mass is 10.1. The lowest BCUT2D eigenvalue weighted by Crippen LogP contribution is -1.90. The maximum absolute atomic E-state index is 8.62. The predicted octanol–water partition coefficient (Wildman–Crippen LogP) is 3.33. The molecule has 0 saturated heterocycles. The quantitative estimate of drug-likeness (QED) is 0.872. The summed E-state index contributed by atoms with van der Waals surface area (Å²) in [6.07, 6.45) is 1.33. The molecule has 0 amide bonds. The summed E-state index contributed by atoms with van der Waals surface area (Å²) in [4.78, 5) is 3.36. The summed E-state index contributed by atoms with van der Waals surface area (Å²) in [5.41, 5.74) is 3.48. The Hall–Kier alpha value is -1.95. The summed E-state index contributed by atoms with van der Waals surface area (Å²) in [6, 6.07) is 8.23. The average molecular weight is 228 g/mol. The maximum atomic E-state index is 8.62. The molecule has 1 aromatic carbocycles. The molecule has 2 rings (SSSR count). The van der Waals surface area contributed by atoms with Crippen LogP contribution in [0.15, 0.2) is 18.2 Å². The summed E-state index contributed by atoms with van der Waals surface area (Å²) in [7, 11) is 0. The molecule has 88 valence electrons. The van der Waals surface area contributed by atoms with Gasteiger partial charge < -0.3 is 9.72 Å². The van der Waals surface area contributed by atoms with E-state index in [1.807, 2.05) is 19.1 Å². The third-order valence-electron chi connectivity index (χ3n) is 2.93. The highest BCUT2D eigenvalue weighted by Crippen LogP contribution is 2.26. The lowest BCUT2D eigenvalue weighted by molar-refractivity contribution is 0.340. The van der Waals surface area contributed by atoms with Gasteiger partial charge in [0.2, 0.25) is 0 Å². The van der Waals surface area contributed by atoms with Crippen molar-refractivity contribution in [3.63, 3.8) is 0 Å². The van der Waals surface area contributed by atoms with E-state index in [9.17, 15) is 0 Å². The van der Waals surface area contributed by atoms with Crippen LogP contribution in [0.2, 0.25) is 0 Å². The summed E-state index contributed by atoms with van der Waals surface area (Å²) in [5, 5.41) is 9.81. The van der Waals surface area contributed by atoms with E-state index in [0.717, 1.165) is 23.4 Å². The monoisotopic (exact) mass is 228 g/mol. The minimum atomic E-state index is 0.548. The van der Waals surface area contributed by atoms with E-state index in [1.54, 1.807) is 0 Å². The molecule has 0 spiro atoms. The Morgan fingerprint density at radius 2 is 2.24 bits per heavy atom. The van der Waals surface area contributed by atoms with Crippen molar-refractivity contribution in [2.75, 3.05) is 6.61 Å². The summed E-state index contributed by atoms with van der Waals surface area (Å²) < 4.78 is 5.49. The second-order valence-electron chi connectivity index (χ2n) is 4.03. The molecule has 0 unspecified atom stereocenters. The summed E-state index contributed by atoms with van der Waals surface area (Å²) >= 11 is 0. The molecular weight excluding hydrogens is 212 g/mol. The molecule has 3 heteroatoms. The van der Waals surface area contributed by atoms with Crippen LogP contribution in [0.3, 0.4) is 0 Å². The molecule has 0 aliphatic carbocycles. The summed E-state index contributed by atoms with van der Waals surface area (Å²) in [6.45, 7) is 4.74. The number of aromatic amines is 1. The van der Waals surface area contributed by atoms with Gasteiger partial charge in [-0.15, -0.1) is 0 Å². The van der Waals surface area contributed by atoms with Gasteiger partial charge in [0.05, 0.1) is 12.7 Å². The van der Waals surface area contributed by atoms with E-state index >= 15 is 0 Å². The molecule has 0 fully saturated rings. The number of ether oxygens (including phenoxy) is 1. The minimum absolute atomic E-state index is 0.548. The number of H-pyrrole nitrogens is 1. The molecule has 0 aliphatic heterocycles. The Labute approximate surface area is 101 Å². The fourth-order valence-electron chi connectivity index (χ4n) is 2.05. The van der Waals surface area contributed by atoms with Gasteiger partial charge in [-0.1, -0.05) is 0 Å². The number of hydrogen-bond donors (Lipinski definition) is 1. The SMILES string of the molecule is CCOc1ccc2[nH]c(CCC#N)c(C)c2c1. The topological polar surface area (TPSA) is 48.8 Å². The predicted molar refractivity (Wildman–Crippen MR) is 68.1 cm³/mol. The Morgan fingerprint density at radius 3 is 2.94 bits per heavy atom. The molecule has 1 aromatic heterocycles. The highest BCUT2D eigenvalue weighted by atomic mass is 16.5. The van der Waals surface area contributed by atoms with Crippen molar-refractivity contribution in [1.82, 2.24) is 4.98 Å². The smallest absolute Gasteiger partial charge is 0.120 e. The van der Waals surface area contributed by atoms with E-state index < -0.39 is 0 Å². The summed E-state index contributed by atoms with van der Waals surface area (Å²) in [5.74, 6) is 0.897. The molecule has 0 saturated carbocycles. The van der Waals surface area contributed by atoms with Crippen molar-refractivity contribution >= 4 is 10.9 Å². The number of rotatable bonds is 4. The highest BCUT2D eigenvalue weighted by Gasteiger charge is 2.08. The van der Waals surface area contributed by atoms with Crippen molar-refractivity contribution < 1.29 is 4.74 Å². The number of nitrogens with one attached hydrogen (secondary N) is 1. The largest absolute Gasteiger partial charge is 0.494 e. The molecule has 0 bridgehead atoms. The Balaban J connectivity index is 2.40. The molecule has 2 aromatic rings. The van der Waals surface area contributed by atoms with Crippen molar-refractivity contribution in [2.24, 2.45) is 0 Å². The minimum Gasteiger partial charge on any atom is -0.494 e. The van der Waals surface area contributed by atoms with Gasteiger partial charge in [0, 0.05) is 29.4 Å². The van der Waals surface area contributed by atoms with Crippen LogP contribution in [0.4, 0.5) is 0 Å². The van der Waals surface area contributed by atoms with Crippen molar-refractivity contribution in [2.45, 2.75) is 26.7 Å². The number of aryl methyl sites for hydroxylation is 2. The molecule has 0 aliphatic rings. The van der Waals surface area contributed by atoms with Gasteiger partial charge in [-0.25, -0.2) is 0 Å². The van der Waals surface area contributed by atoms with Crippen molar-refractivity contribution in [3.8, 4) is 11.8 Å². The van der Waals surface area contributed by atoms with Gasteiger partial charge in [0.15, 0.2) is 0 Å². The van der Waals surface area contributed by atoms with Crippen LogP contribution >= 0.6 is 0 Å². The number of nitrogens with zero attached hydrogens (tertiary/aromatic N) is 1. The van der Waals surface area contributed by atoms with E-state index in [4.69, 9.17) is 10.00 Å². The first kappa shape index (κ1) is 11.5. The van der Waals surface area contributed by atoms with Crippen LogP contribution in [-0.4, -0.2) is 11.6 Å². The number of nitriles is 1. The number of fused-ring (bicyclic) bond motifs is 1. The molecule has 1 heterocycles. The van der Waals surface area contributed by atoms with E-state index in [2.05, 4.69) is 24.0 Å². The third kappa shape index (κ3) is 2.26. The van der Waals surface area contributed by atoms with Crippen LogP contribution in [0.1, 0.15) is 24.6 Å². The molecule has 3 nitrogen and oxygen atoms in total. The maximum Gasteiger partial charge on any atom is 0.120 e. The zero-order valence-corrected chi connectivity index (χ0v) is 10.2. The highest BCUT2D eigenvalue weighted by molar-refractivity contribution is 5.85. The Kier molecular flexibility index (Phi) is 3.34. The Bertz CT molecular complexity index is 563. The first-order chi connectivity index (χ1) is 8.26. The van der Waals surface area contributed by atoms with E-state index in [0.29, 0.717) is 13.0 Å². The van der Waals surface area contributed by atoms with Crippen LogP contribution in [0, 0.1) is 18.3 Å². The zero-order valence-electron chi connectivity index (χ0n) is 10.2. The number of hydrogen-bond acceptors (Lipinski definition) is 2. The van der Waals surface area contributed by atoms with E-state index in [1.165, 1.54) is 10.9 Å². The third-order valence-corrected chi connectivity index (χ3v) is 2.93. The molecule has 1 N–H and O–H groups in total. The van der Waals surface area contributed by atoms with Crippen LogP contribution < -0.4 is 4.74 Å². The van der Waals surface area contributed by atoms with Gasteiger partial charge in [0.25, 0.3) is 0 Å². The van der Waals surface area contributed by atoms with E-state index in [-0.39, 0.29) is 0 Å². The average Bonchev–Trinajstić information content (AvgIpc) is 2.64. The van der Waals surface area contributed by atoms with Gasteiger partial charge in [-0.2, -0.15) is 5.26 Å². The van der Waals surface area contributed by atoms with Gasteiger partial charge >= 0.3 is 0 Å². The second kappa shape index (κ2) is 4.92. The molecular formula is C14H16N2O. The molecule has 0 atom stereocenters. The fourth-order valence-corrected chi connectivity index (χ4v) is 2.05. The van der Waals surface area contributed by atoms with Gasteiger partial charge in [-0.3, -0.25) is 0 Å². The first-order valence-corrected chi connectivity index (χ1v) is 5.87. The van der Waals surface area contributed by atoms with Crippen molar-refractivity contribution in [3.05, 3.63) is 29.5 Å². The van der Waals surface area contributed by atoms with Crippen LogP contribution in [0.5, 0.6) is 5.75 Å².